The van der Waals surface area contributed by atoms with E-state index in [1.807, 2.05) is 19.9 Å². The molecule has 1 aliphatic rings. The van der Waals surface area contributed by atoms with E-state index in [2.05, 4.69) is 9.80 Å². The average Bonchev–Trinajstić information content (AvgIpc) is 2.40. The van der Waals surface area contributed by atoms with Gasteiger partial charge in [-0.25, -0.2) is 4.39 Å². The number of hydrogen-bond donors (Lipinski definition) is 1. The molecule has 1 heterocycles. The summed E-state index contributed by atoms with van der Waals surface area (Å²) in [4.78, 5) is 4.60. The summed E-state index contributed by atoms with van der Waals surface area (Å²) in [5.41, 5.74) is 6.56. The van der Waals surface area contributed by atoms with Gasteiger partial charge in [-0.1, -0.05) is 0 Å². The molecule has 20 heavy (non-hydrogen) atoms. The molecule has 0 radical (unpaired) electrons. The fourth-order valence-corrected chi connectivity index (χ4v) is 2.49. The number of nitrogens with zero attached hydrogens (tertiary/aromatic N) is 2. The van der Waals surface area contributed by atoms with E-state index in [1.165, 1.54) is 12.1 Å². The average molecular weight is 281 g/mol. The minimum Gasteiger partial charge on any atom is -0.489 e. The van der Waals surface area contributed by atoms with Crippen LogP contribution in [-0.2, 0) is 0 Å². The summed E-state index contributed by atoms with van der Waals surface area (Å²) in [5, 5.41) is 0. The van der Waals surface area contributed by atoms with Crippen molar-refractivity contribution in [2.24, 2.45) is 5.73 Å². The first-order chi connectivity index (χ1) is 9.60. The molecule has 1 fully saturated rings. The molecule has 0 aliphatic carbocycles. The molecule has 1 saturated heterocycles. The Labute approximate surface area is 120 Å². The quantitative estimate of drug-likeness (QED) is 0.892. The van der Waals surface area contributed by atoms with Crippen LogP contribution in [0.15, 0.2) is 18.2 Å². The van der Waals surface area contributed by atoms with Crippen molar-refractivity contribution in [1.29, 1.82) is 0 Å². The summed E-state index contributed by atoms with van der Waals surface area (Å²) >= 11 is 0. The van der Waals surface area contributed by atoms with E-state index >= 15 is 0 Å². The second kappa shape index (κ2) is 6.90. The van der Waals surface area contributed by atoms with Crippen LogP contribution in [0.1, 0.15) is 13.8 Å². The van der Waals surface area contributed by atoms with Crippen molar-refractivity contribution in [3.05, 3.63) is 24.0 Å². The van der Waals surface area contributed by atoms with E-state index in [0.717, 1.165) is 38.4 Å². The third-order valence-electron chi connectivity index (χ3n) is 3.44. The van der Waals surface area contributed by atoms with Crippen LogP contribution < -0.4 is 15.4 Å². The monoisotopic (exact) mass is 281 g/mol. The molecule has 0 atom stereocenters. The Morgan fingerprint density at radius 2 is 1.95 bits per heavy atom. The zero-order valence-corrected chi connectivity index (χ0v) is 12.3. The SMILES string of the molecule is CC(C)Oc1cc(F)ccc1N1CCN(CCN)CC1. The van der Waals surface area contributed by atoms with Gasteiger partial charge in [-0.15, -0.1) is 0 Å². The predicted octanol–water partition coefficient (Wildman–Crippen LogP) is 1.69. The molecule has 1 aliphatic heterocycles. The molecule has 0 unspecified atom stereocenters. The zero-order chi connectivity index (χ0) is 14.5. The van der Waals surface area contributed by atoms with Crippen LogP contribution in [0.25, 0.3) is 0 Å². The lowest BCUT2D eigenvalue weighted by molar-refractivity contribution is 0.238. The van der Waals surface area contributed by atoms with Crippen LogP contribution in [0, 0.1) is 5.82 Å². The topological polar surface area (TPSA) is 41.7 Å². The number of benzene rings is 1. The Hall–Kier alpha value is -1.33. The summed E-state index contributed by atoms with van der Waals surface area (Å²) in [5.74, 6) is 0.374. The summed E-state index contributed by atoms with van der Waals surface area (Å²) in [6.45, 7) is 9.33. The smallest absolute Gasteiger partial charge is 0.145 e. The van der Waals surface area contributed by atoms with Gasteiger partial charge in [0.05, 0.1) is 11.8 Å². The number of nitrogens with two attached hydrogens (primary N) is 1. The minimum atomic E-state index is -0.258. The van der Waals surface area contributed by atoms with E-state index in [4.69, 9.17) is 10.5 Å². The fraction of sp³-hybridized carbons (Fsp3) is 0.600. The zero-order valence-electron chi connectivity index (χ0n) is 12.3. The lowest BCUT2D eigenvalue weighted by Crippen LogP contribution is -2.47. The number of ether oxygens (including phenoxy) is 1. The molecule has 2 N–H and O–H groups in total. The first-order valence-electron chi connectivity index (χ1n) is 7.23. The molecule has 0 saturated carbocycles. The molecule has 2 rings (SSSR count). The van der Waals surface area contributed by atoms with Crippen molar-refractivity contribution in [1.82, 2.24) is 4.90 Å². The van der Waals surface area contributed by atoms with Crippen LogP contribution in [0.4, 0.5) is 10.1 Å². The largest absolute Gasteiger partial charge is 0.489 e. The standard InChI is InChI=1S/C15H24FN3O/c1-12(2)20-15-11-13(16)3-4-14(15)19-9-7-18(6-5-17)8-10-19/h3-4,11-12H,5-10,17H2,1-2H3. The third-order valence-corrected chi connectivity index (χ3v) is 3.44. The Balaban J connectivity index is 2.09. The van der Waals surface area contributed by atoms with Gasteiger partial charge in [-0.2, -0.15) is 0 Å². The van der Waals surface area contributed by atoms with Gasteiger partial charge in [-0.3, -0.25) is 4.90 Å². The first kappa shape index (κ1) is 15.1. The Bertz CT molecular complexity index is 431. The van der Waals surface area contributed by atoms with Crippen molar-refractivity contribution in [2.75, 3.05) is 44.2 Å². The van der Waals surface area contributed by atoms with Gasteiger partial charge in [0.15, 0.2) is 0 Å². The highest BCUT2D eigenvalue weighted by Crippen LogP contribution is 2.30. The summed E-state index contributed by atoms with van der Waals surface area (Å²) in [6, 6.07) is 4.78. The molecular weight excluding hydrogens is 257 g/mol. The van der Waals surface area contributed by atoms with Crippen LogP contribution in [0.2, 0.25) is 0 Å². The molecule has 0 amide bonds. The van der Waals surface area contributed by atoms with Gasteiger partial charge in [0.1, 0.15) is 11.6 Å². The maximum Gasteiger partial charge on any atom is 0.145 e. The normalized spacial score (nSPS) is 16.8. The molecule has 1 aromatic carbocycles. The highest BCUT2D eigenvalue weighted by Gasteiger charge is 2.20. The Morgan fingerprint density at radius 3 is 2.55 bits per heavy atom. The second-order valence-electron chi connectivity index (χ2n) is 5.40. The molecule has 0 spiro atoms. The van der Waals surface area contributed by atoms with Crippen molar-refractivity contribution in [3.63, 3.8) is 0 Å². The maximum absolute atomic E-state index is 13.4. The van der Waals surface area contributed by atoms with Crippen molar-refractivity contribution < 1.29 is 9.13 Å². The number of rotatable bonds is 5. The second-order valence-corrected chi connectivity index (χ2v) is 5.40. The van der Waals surface area contributed by atoms with Gasteiger partial charge in [-0.05, 0) is 26.0 Å². The van der Waals surface area contributed by atoms with Crippen molar-refractivity contribution >= 4 is 5.69 Å². The van der Waals surface area contributed by atoms with Crippen molar-refractivity contribution in [3.8, 4) is 5.75 Å². The molecule has 1 aromatic rings. The van der Waals surface area contributed by atoms with E-state index in [0.29, 0.717) is 12.3 Å². The summed E-state index contributed by atoms with van der Waals surface area (Å²) < 4.78 is 19.1. The number of piperazine rings is 1. The number of anilines is 1. The van der Waals surface area contributed by atoms with Crippen LogP contribution in [-0.4, -0.2) is 50.3 Å². The summed E-state index contributed by atoms with van der Waals surface area (Å²) in [6.07, 6.45) is 0.0362. The summed E-state index contributed by atoms with van der Waals surface area (Å²) in [7, 11) is 0. The first-order valence-corrected chi connectivity index (χ1v) is 7.23. The highest BCUT2D eigenvalue weighted by atomic mass is 19.1. The predicted molar refractivity (Wildman–Crippen MR) is 79.9 cm³/mol. The molecule has 0 bridgehead atoms. The maximum atomic E-state index is 13.4. The number of halogens is 1. The van der Waals surface area contributed by atoms with E-state index in [-0.39, 0.29) is 11.9 Å². The third kappa shape index (κ3) is 3.84. The van der Waals surface area contributed by atoms with Crippen LogP contribution >= 0.6 is 0 Å². The van der Waals surface area contributed by atoms with Crippen molar-refractivity contribution in [2.45, 2.75) is 20.0 Å². The van der Waals surface area contributed by atoms with Gasteiger partial charge < -0.3 is 15.4 Å². The van der Waals surface area contributed by atoms with Crippen LogP contribution in [0.5, 0.6) is 5.75 Å². The highest BCUT2D eigenvalue weighted by molar-refractivity contribution is 5.59. The molecule has 112 valence electrons. The molecule has 4 nitrogen and oxygen atoms in total. The van der Waals surface area contributed by atoms with E-state index < -0.39 is 0 Å². The lowest BCUT2D eigenvalue weighted by Gasteiger charge is -2.36. The van der Waals surface area contributed by atoms with E-state index in [1.54, 1.807) is 0 Å². The minimum absolute atomic E-state index is 0.0362. The molecular formula is C15H24FN3O. The van der Waals surface area contributed by atoms with Gasteiger partial charge >= 0.3 is 0 Å². The Morgan fingerprint density at radius 1 is 1.25 bits per heavy atom. The van der Waals surface area contributed by atoms with Gasteiger partial charge in [0, 0.05) is 45.3 Å². The molecule has 0 aromatic heterocycles. The number of hydrogen-bond acceptors (Lipinski definition) is 4. The van der Waals surface area contributed by atoms with Gasteiger partial charge in [0.25, 0.3) is 0 Å². The van der Waals surface area contributed by atoms with Crippen LogP contribution in [0.3, 0.4) is 0 Å². The van der Waals surface area contributed by atoms with Gasteiger partial charge in [0.2, 0.25) is 0 Å². The molecule has 5 heteroatoms. The van der Waals surface area contributed by atoms with E-state index in [9.17, 15) is 4.39 Å². The fourth-order valence-electron chi connectivity index (χ4n) is 2.49. The lowest BCUT2D eigenvalue weighted by atomic mass is 10.2. The Kier molecular flexibility index (Phi) is 5.20.